The van der Waals surface area contributed by atoms with Crippen LogP contribution >= 0.6 is 0 Å². The van der Waals surface area contributed by atoms with Crippen LogP contribution in [-0.4, -0.2) is 6.71 Å². The Bertz CT molecular complexity index is 3580. The Labute approximate surface area is 422 Å². The zero-order valence-electron chi connectivity index (χ0n) is 43.7. The first-order valence-corrected chi connectivity index (χ1v) is 25.8. The number of benzene rings is 10. The van der Waals surface area contributed by atoms with Crippen molar-refractivity contribution in [2.24, 2.45) is 0 Å². The summed E-state index contributed by atoms with van der Waals surface area (Å²) in [5.74, 6) is 0. The van der Waals surface area contributed by atoms with Crippen LogP contribution in [0.1, 0.15) is 105 Å². The van der Waals surface area contributed by atoms with Crippen LogP contribution in [0.2, 0.25) is 0 Å². The molecule has 0 fully saturated rings. The van der Waals surface area contributed by atoms with Crippen LogP contribution in [-0.2, 0) is 21.7 Å². The van der Waals surface area contributed by atoms with Gasteiger partial charge in [-0.1, -0.05) is 192 Å². The van der Waals surface area contributed by atoms with Gasteiger partial charge in [-0.2, -0.15) is 0 Å². The molecule has 10 aromatic rings. The third-order valence-corrected chi connectivity index (χ3v) is 15.7. The Morgan fingerprint density at radius 3 is 1.07 bits per heavy atom. The van der Waals surface area contributed by atoms with Crippen molar-refractivity contribution in [3.8, 4) is 11.1 Å². The molecule has 0 aromatic heterocycles. The Hall–Kier alpha value is -7.10. The number of anilines is 6. The van der Waals surface area contributed by atoms with Crippen molar-refractivity contribution in [1.29, 1.82) is 0 Å². The van der Waals surface area contributed by atoms with Crippen LogP contribution in [0.3, 0.4) is 0 Å². The Kier molecular flexibility index (Phi) is 9.97. The molecule has 350 valence electrons. The average molecular weight is 921 g/mol. The molecule has 0 radical (unpaired) electrons. The van der Waals surface area contributed by atoms with Crippen LogP contribution in [0.5, 0.6) is 0 Å². The lowest BCUT2D eigenvalue weighted by atomic mass is 9.32. The summed E-state index contributed by atoms with van der Waals surface area (Å²) in [5.41, 5.74) is 18.8. The van der Waals surface area contributed by atoms with Crippen molar-refractivity contribution in [2.75, 3.05) is 9.80 Å². The third-order valence-electron chi connectivity index (χ3n) is 15.7. The fourth-order valence-corrected chi connectivity index (χ4v) is 11.6. The maximum Gasteiger partial charge on any atom is 0.253 e. The van der Waals surface area contributed by atoms with Gasteiger partial charge in [0.1, 0.15) is 0 Å². The van der Waals surface area contributed by atoms with E-state index in [9.17, 15) is 0 Å². The summed E-state index contributed by atoms with van der Waals surface area (Å²) in [6, 6.07) is 68.2. The molecule has 2 aliphatic rings. The lowest BCUT2D eigenvalue weighted by Crippen LogP contribution is -2.61. The Morgan fingerprint density at radius 2 is 0.648 bits per heavy atom. The predicted octanol–water partition coefficient (Wildman–Crippen LogP) is 17.2. The van der Waals surface area contributed by atoms with Gasteiger partial charge in [-0.15, -0.1) is 0 Å². The van der Waals surface area contributed by atoms with E-state index in [-0.39, 0.29) is 28.4 Å². The second kappa shape index (κ2) is 15.7. The molecule has 2 nitrogen and oxygen atoms in total. The smallest absolute Gasteiger partial charge is 0.253 e. The molecule has 0 N–H and O–H groups in total. The Balaban J connectivity index is 1.27. The summed E-state index contributed by atoms with van der Waals surface area (Å²) in [4.78, 5) is 5.31. The molecule has 0 unspecified atom stereocenters. The predicted molar refractivity (Wildman–Crippen MR) is 311 cm³/mol. The van der Waals surface area contributed by atoms with Gasteiger partial charge in [0.05, 0.1) is 0 Å². The first-order valence-electron chi connectivity index (χ1n) is 25.8. The van der Waals surface area contributed by atoms with E-state index in [1.165, 1.54) is 127 Å². The molecule has 71 heavy (non-hydrogen) atoms. The fourth-order valence-electron chi connectivity index (χ4n) is 11.6. The van der Waals surface area contributed by atoms with E-state index in [1.807, 2.05) is 0 Å². The minimum absolute atomic E-state index is 0.0625. The van der Waals surface area contributed by atoms with Gasteiger partial charge in [0.25, 0.3) is 6.71 Å². The summed E-state index contributed by atoms with van der Waals surface area (Å²) in [6.45, 7) is 28.2. The number of nitrogens with zero attached hydrogens (tertiary/aromatic N) is 2. The molecule has 0 atom stereocenters. The topological polar surface area (TPSA) is 6.48 Å². The van der Waals surface area contributed by atoms with Crippen LogP contribution in [0, 0.1) is 0 Å². The largest absolute Gasteiger partial charge is 0.311 e. The van der Waals surface area contributed by atoms with Crippen LogP contribution in [0.15, 0.2) is 176 Å². The minimum Gasteiger partial charge on any atom is -0.311 e. The summed E-state index contributed by atoms with van der Waals surface area (Å²) in [7, 11) is 0. The summed E-state index contributed by atoms with van der Waals surface area (Å²) >= 11 is 0. The fraction of sp³-hybridized carbons (Fsp3) is 0.235. The van der Waals surface area contributed by atoms with Gasteiger partial charge < -0.3 is 9.80 Å². The number of hydrogen-bond donors (Lipinski definition) is 0. The van der Waals surface area contributed by atoms with E-state index in [0.29, 0.717) is 0 Å². The van der Waals surface area contributed by atoms with Gasteiger partial charge in [-0.3, -0.25) is 0 Å². The van der Waals surface area contributed by atoms with Gasteiger partial charge in [-0.25, -0.2) is 0 Å². The normalized spacial score (nSPS) is 13.8. The monoisotopic (exact) mass is 921 g/mol. The van der Waals surface area contributed by atoms with Crippen molar-refractivity contribution in [1.82, 2.24) is 0 Å². The maximum atomic E-state index is 2.65. The van der Waals surface area contributed by atoms with E-state index in [0.717, 1.165) is 0 Å². The third kappa shape index (κ3) is 7.46. The van der Waals surface area contributed by atoms with E-state index >= 15 is 0 Å². The standard InChI is InChI=1S/C68H65BN2/c1-65(2,3)50-36-51(66(4,5)6)39-54(38-50)70-58-29-27-42-19-15-17-23-56(42)62(58)69-63-57-24-18-16-20-43(57)28-30-59(63)71(55-40-52(67(7,8)9)37-53(41-55)68(10,11)12)61-35-49(34-60(70)64(61)69)47-26-25-46-31-44-21-13-14-22-45(44)32-48(46)33-47/h13-41H,1-12H3. The van der Waals surface area contributed by atoms with E-state index in [1.54, 1.807) is 0 Å². The van der Waals surface area contributed by atoms with Crippen LogP contribution in [0.25, 0.3) is 54.2 Å². The highest BCUT2D eigenvalue weighted by atomic mass is 15.2. The number of fused-ring (bicyclic) bond motifs is 10. The molecule has 0 saturated heterocycles. The van der Waals surface area contributed by atoms with Gasteiger partial charge >= 0.3 is 0 Å². The molecule has 10 aromatic carbocycles. The van der Waals surface area contributed by atoms with E-state index in [2.05, 4.69) is 269 Å². The number of rotatable bonds is 3. The molecule has 2 heterocycles. The highest BCUT2D eigenvalue weighted by Crippen LogP contribution is 2.50. The lowest BCUT2D eigenvalue weighted by Gasteiger charge is -2.46. The summed E-state index contributed by atoms with van der Waals surface area (Å²) in [6.07, 6.45) is 0. The van der Waals surface area contributed by atoms with Gasteiger partial charge in [0.15, 0.2) is 0 Å². The quantitative estimate of drug-likeness (QED) is 0.129. The molecule has 0 aliphatic carbocycles. The second-order valence-corrected chi connectivity index (χ2v) is 24.8. The molecule has 0 amide bonds. The molecule has 0 spiro atoms. The van der Waals surface area contributed by atoms with Crippen molar-refractivity contribution >= 4 is 100 Å². The SMILES string of the molecule is CC(C)(C)c1cc(N2c3cc(-c4ccc5cc6ccccc6cc5c4)cc4c3B(c3c2ccc2ccccc32)c2c(ccc3ccccc23)N4c2cc(C(C)(C)C)cc(C(C)(C)C)c2)cc(C(C)(C)C)c1. The van der Waals surface area contributed by atoms with Crippen molar-refractivity contribution in [2.45, 2.75) is 105 Å². The summed E-state index contributed by atoms with van der Waals surface area (Å²) in [5, 5.41) is 10.1. The molecule has 3 heteroatoms. The van der Waals surface area contributed by atoms with E-state index in [4.69, 9.17) is 0 Å². The average Bonchev–Trinajstić information content (AvgIpc) is 3.33. The zero-order chi connectivity index (χ0) is 49.5. The van der Waals surface area contributed by atoms with Crippen LogP contribution < -0.4 is 26.2 Å². The summed E-state index contributed by atoms with van der Waals surface area (Å²) < 4.78 is 0. The second-order valence-electron chi connectivity index (χ2n) is 24.8. The highest BCUT2D eigenvalue weighted by Gasteiger charge is 2.46. The highest BCUT2D eigenvalue weighted by molar-refractivity contribution is 7.03. The van der Waals surface area contributed by atoms with Gasteiger partial charge in [0, 0.05) is 34.1 Å². The minimum atomic E-state index is -0.0748. The molecule has 12 rings (SSSR count). The van der Waals surface area contributed by atoms with Crippen molar-refractivity contribution < 1.29 is 0 Å². The van der Waals surface area contributed by atoms with Crippen molar-refractivity contribution in [3.05, 3.63) is 198 Å². The molecule has 0 bridgehead atoms. The first-order chi connectivity index (χ1) is 33.7. The van der Waals surface area contributed by atoms with Crippen molar-refractivity contribution in [3.63, 3.8) is 0 Å². The maximum absolute atomic E-state index is 2.65. The Morgan fingerprint density at radius 1 is 0.282 bits per heavy atom. The zero-order valence-corrected chi connectivity index (χ0v) is 43.7. The van der Waals surface area contributed by atoms with Gasteiger partial charge in [-0.05, 0) is 181 Å². The molecular weight excluding hydrogens is 856 g/mol. The first kappa shape index (κ1) is 45.1. The number of hydrogen-bond acceptors (Lipinski definition) is 2. The molecular formula is C68H65BN2. The molecule has 0 saturated carbocycles. The van der Waals surface area contributed by atoms with Crippen LogP contribution in [0.4, 0.5) is 34.1 Å². The lowest BCUT2D eigenvalue weighted by molar-refractivity contribution is 0.568. The van der Waals surface area contributed by atoms with Gasteiger partial charge in [0.2, 0.25) is 0 Å². The molecule has 2 aliphatic heterocycles. The van der Waals surface area contributed by atoms with E-state index < -0.39 is 0 Å².